The van der Waals surface area contributed by atoms with Gasteiger partial charge in [-0.3, -0.25) is 4.90 Å². The zero-order valence-electron chi connectivity index (χ0n) is 12.4. The molecule has 1 aliphatic heterocycles. The molecule has 2 aromatic rings. The molecular weight excluding hydrogens is 262 g/mol. The van der Waals surface area contributed by atoms with Crippen molar-refractivity contribution in [3.8, 4) is 0 Å². The fraction of sp³-hybridized carbons (Fsp3) is 0.438. The van der Waals surface area contributed by atoms with Crippen molar-refractivity contribution in [3.63, 3.8) is 0 Å². The van der Waals surface area contributed by atoms with E-state index in [1.165, 1.54) is 24.1 Å². The summed E-state index contributed by atoms with van der Waals surface area (Å²) < 4.78 is 0. The number of hydrogen-bond donors (Lipinski definition) is 1. The van der Waals surface area contributed by atoms with Crippen molar-refractivity contribution >= 4 is 5.82 Å². The summed E-state index contributed by atoms with van der Waals surface area (Å²) in [6, 6.07) is 6.04. The van der Waals surface area contributed by atoms with Gasteiger partial charge in [-0.05, 0) is 50.1 Å². The zero-order chi connectivity index (χ0) is 14.7. The Morgan fingerprint density at radius 1 is 1.29 bits per heavy atom. The molecule has 21 heavy (non-hydrogen) atoms. The summed E-state index contributed by atoms with van der Waals surface area (Å²) in [5.74, 6) is 1.94. The third-order valence-corrected chi connectivity index (χ3v) is 3.97. The lowest BCUT2D eigenvalue weighted by molar-refractivity contribution is 0.198. The minimum Gasteiger partial charge on any atom is -0.384 e. The lowest BCUT2D eigenvalue weighted by atomic mass is 9.94. The molecule has 5 heteroatoms. The molecule has 1 atom stereocenters. The molecule has 0 aromatic carbocycles. The van der Waals surface area contributed by atoms with E-state index in [1.807, 2.05) is 31.3 Å². The third-order valence-electron chi connectivity index (χ3n) is 3.97. The quantitative estimate of drug-likeness (QED) is 0.934. The highest BCUT2D eigenvalue weighted by atomic mass is 15.1. The Balaban J connectivity index is 1.68. The van der Waals surface area contributed by atoms with E-state index in [4.69, 9.17) is 5.73 Å². The number of hydrogen-bond acceptors (Lipinski definition) is 5. The molecule has 1 saturated heterocycles. The number of anilines is 1. The van der Waals surface area contributed by atoms with Gasteiger partial charge in [-0.15, -0.1) is 0 Å². The van der Waals surface area contributed by atoms with Gasteiger partial charge in [0.1, 0.15) is 11.6 Å². The van der Waals surface area contributed by atoms with Crippen molar-refractivity contribution in [2.45, 2.75) is 32.2 Å². The normalized spacial score (nSPS) is 19.6. The number of piperidine rings is 1. The predicted molar refractivity (Wildman–Crippen MR) is 82.7 cm³/mol. The van der Waals surface area contributed by atoms with Crippen LogP contribution in [0.1, 0.15) is 35.8 Å². The summed E-state index contributed by atoms with van der Waals surface area (Å²) in [5, 5.41) is 0. The Labute approximate surface area is 125 Å². The SMILES string of the molecule is Cc1nccc(C2CCCN(Cc3ccnc(N)c3)C2)n1. The van der Waals surface area contributed by atoms with E-state index in [1.54, 1.807) is 6.20 Å². The van der Waals surface area contributed by atoms with Crippen LogP contribution in [-0.2, 0) is 6.54 Å². The van der Waals surface area contributed by atoms with Crippen LogP contribution in [0, 0.1) is 6.92 Å². The average Bonchev–Trinajstić information content (AvgIpc) is 2.47. The lowest BCUT2D eigenvalue weighted by Crippen LogP contribution is -2.34. The first kappa shape index (κ1) is 13.9. The zero-order valence-corrected chi connectivity index (χ0v) is 12.4. The molecule has 0 spiro atoms. The van der Waals surface area contributed by atoms with E-state index in [9.17, 15) is 0 Å². The summed E-state index contributed by atoms with van der Waals surface area (Å²) >= 11 is 0. The van der Waals surface area contributed by atoms with Crippen LogP contribution in [0.2, 0.25) is 0 Å². The highest BCUT2D eigenvalue weighted by Crippen LogP contribution is 2.26. The van der Waals surface area contributed by atoms with Gasteiger partial charge in [0, 0.05) is 37.1 Å². The molecule has 2 N–H and O–H groups in total. The molecule has 0 radical (unpaired) electrons. The number of aromatic nitrogens is 3. The molecule has 1 aliphatic rings. The first-order valence-corrected chi connectivity index (χ1v) is 7.43. The van der Waals surface area contributed by atoms with Crippen molar-refractivity contribution in [1.82, 2.24) is 19.9 Å². The van der Waals surface area contributed by atoms with Gasteiger partial charge in [-0.25, -0.2) is 15.0 Å². The molecule has 1 unspecified atom stereocenters. The molecule has 0 aliphatic carbocycles. The summed E-state index contributed by atoms with van der Waals surface area (Å²) in [4.78, 5) is 15.3. The maximum absolute atomic E-state index is 5.75. The van der Waals surface area contributed by atoms with E-state index in [-0.39, 0.29) is 0 Å². The van der Waals surface area contributed by atoms with Gasteiger partial charge in [0.15, 0.2) is 0 Å². The first-order chi connectivity index (χ1) is 10.2. The fourth-order valence-electron chi connectivity index (χ4n) is 2.99. The second kappa shape index (κ2) is 6.18. The van der Waals surface area contributed by atoms with Crippen LogP contribution >= 0.6 is 0 Å². The number of nitrogen functional groups attached to an aromatic ring is 1. The average molecular weight is 283 g/mol. The van der Waals surface area contributed by atoms with E-state index >= 15 is 0 Å². The van der Waals surface area contributed by atoms with Crippen LogP contribution in [0.15, 0.2) is 30.6 Å². The molecule has 5 nitrogen and oxygen atoms in total. The topological polar surface area (TPSA) is 67.9 Å². The van der Waals surface area contributed by atoms with Gasteiger partial charge < -0.3 is 5.73 Å². The second-order valence-electron chi connectivity index (χ2n) is 5.69. The van der Waals surface area contributed by atoms with Gasteiger partial charge >= 0.3 is 0 Å². The fourth-order valence-corrected chi connectivity index (χ4v) is 2.99. The van der Waals surface area contributed by atoms with Crippen molar-refractivity contribution in [1.29, 1.82) is 0 Å². The summed E-state index contributed by atoms with van der Waals surface area (Å²) in [6.07, 6.45) is 6.04. The number of likely N-dealkylation sites (tertiary alicyclic amines) is 1. The number of aryl methyl sites for hydroxylation is 1. The molecule has 3 rings (SSSR count). The smallest absolute Gasteiger partial charge is 0.125 e. The van der Waals surface area contributed by atoms with Gasteiger partial charge in [-0.1, -0.05) is 0 Å². The first-order valence-electron chi connectivity index (χ1n) is 7.43. The summed E-state index contributed by atoms with van der Waals surface area (Å²) in [7, 11) is 0. The highest BCUT2D eigenvalue weighted by Gasteiger charge is 2.22. The van der Waals surface area contributed by atoms with E-state index < -0.39 is 0 Å². The maximum atomic E-state index is 5.75. The second-order valence-corrected chi connectivity index (χ2v) is 5.69. The molecule has 0 saturated carbocycles. The highest BCUT2D eigenvalue weighted by molar-refractivity contribution is 5.31. The monoisotopic (exact) mass is 283 g/mol. The Bertz CT molecular complexity index is 613. The number of pyridine rings is 1. The Kier molecular flexibility index (Phi) is 4.10. The molecule has 110 valence electrons. The minimum atomic E-state index is 0.500. The Hall–Kier alpha value is -2.01. The maximum Gasteiger partial charge on any atom is 0.125 e. The summed E-state index contributed by atoms with van der Waals surface area (Å²) in [6.45, 7) is 5.04. The van der Waals surface area contributed by atoms with Crippen LogP contribution < -0.4 is 5.73 Å². The molecule has 3 heterocycles. The molecular formula is C16H21N5. The minimum absolute atomic E-state index is 0.500. The number of nitrogens with two attached hydrogens (primary N) is 1. The van der Waals surface area contributed by atoms with Crippen LogP contribution in [-0.4, -0.2) is 32.9 Å². The van der Waals surface area contributed by atoms with Crippen LogP contribution in [0.5, 0.6) is 0 Å². The Morgan fingerprint density at radius 3 is 2.95 bits per heavy atom. The number of rotatable bonds is 3. The van der Waals surface area contributed by atoms with Crippen molar-refractivity contribution < 1.29 is 0 Å². The lowest BCUT2D eigenvalue weighted by Gasteiger charge is -2.32. The van der Waals surface area contributed by atoms with Gasteiger partial charge in [0.25, 0.3) is 0 Å². The predicted octanol–water partition coefficient (Wildman–Crippen LogP) is 2.14. The molecule has 0 amide bonds. The molecule has 2 aromatic heterocycles. The van der Waals surface area contributed by atoms with Gasteiger partial charge in [0.05, 0.1) is 0 Å². The van der Waals surface area contributed by atoms with Gasteiger partial charge in [0.2, 0.25) is 0 Å². The van der Waals surface area contributed by atoms with Crippen LogP contribution in [0.25, 0.3) is 0 Å². The standard InChI is InChI=1S/C16H21N5/c1-12-18-7-5-15(20-12)14-3-2-8-21(11-14)10-13-4-6-19-16(17)9-13/h4-7,9,14H,2-3,8,10-11H2,1H3,(H2,17,19). The van der Waals surface area contributed by atoms with E-state index in [0.29, 0.717) is 11.7 Å². The third kappa shape index (κ3) is 3.55. The van der Waals surface area contributed by atoms with Crippen LogP contribution in [0.3, 0.4) is 0 Å². The van der Waals surface area contributed by atoms with Gasteiger partial charge in [-0.2, -0.15) is 0 Å². The Morgan fingerprint density at radius 2 is 2.14 bits per heavy atom. The molecule has 0 bridgehead atoms. The van der Waals surface area contributed by atoms with Crippen molar-refractivity contribution in [2.75, 3.05) is 18.8 Å². The molecule has 1 fully saturated rings. The van der Waals surface area contributed by atoms with E-state index in [2.05, 4.69) is 19.9 Å². The van der Waals surface area contributed by atoms with Crippen molar-refractivity contribution in [3.05, 3.63) is 47.7 Å². The summed E-state index contributed by atoms with van der Waals surface area (Å²) in [5.41, 5.74) is 8.14. The van der Waals surface area contributed by atoms with E-state index in [0.717, 1.165) is 25.5 Å². The largest absolute Gasteiger partial charge is 0.384 e. The van der Waals surface area contributed by atoms with Crippen molar-refractivity contribution in [2.24, 2.45) is 0 Å². The van der Waals surface area contributed by atoms with Crippen LogP contribution in [0.4, 0.5) is 5.82 Å². The number of nitrogens with zero attached hydrogens (tertiary/aromatic N) is 4.